The summed E-state index contributed by atoms with van der Waals surface area (Å²) in [5.74, 6) is -3.30. The molecule has 92 valence electrons. The number of carboxylic acids is 2. The number of alkyl halides is 1. The van der Waals surface area contributed by atoms with Crippen molar-refractivity contribution in [2.75, 3.05) is 0 Å². The normalized spacial score (nSPS) is 16.7. The highest BCUT2D eigenvalue weighted by atomic mass is 35.5. The van der Waals surface area contributed by atoms with Crippen LogP contribution in [0.3, 0.4) is 0 Å². The summed E-state index contributed by atoms with van der Waals surface area (Å²) in [6, 6.07) is 0. The molecule has 6 heteroatoms. The van der Waals surface area contributed by atoms with E-state index in [1.54, 1.807) is 0 Å². The minimum Gasteiger partial charge on any atom is -0.545 e. The molecule has 0 saturated heterocycles. The molecule has 0 aliphatic rings. The van der Waals surface area contributed by atoms with Gasteiger partial charge in [-0.2, -0.15) is 0 Å². The monoisotopic (exact) mass is 248 g/mol. The first kappa shape index (κ1) is 14.9. The molecule has 0 aliphatic heterocycles. The van der Waals surface area contributed by atoms with Crippen LogP contribution in [0.2, 0.25) is 0 Å². The van der Waals surface area contributed by atoms with Crippen LogP contribution in [0, 0.1) is 5.41 Å². The Morgan fingerprint density at radius 2 is 1.81 bits per heavy atom. The van der Waals surface area contributed by atoms with E-state index in [1.165, 1.54) is 20.8 Å². The van der Waals surface area contributed by atoms with Gasteiger partial charge >= 0.3 is 0 Å². The van der Waals surface area contributed by atoms with E-state index >= 15 is 0 Å². The zero-order valence-corrected chi connectivity index (χ0v) is 9.95. The van der Waals surface area contributed by atoms with Gasteiger partial charge in [-0.25, -0.2) is 0 Å². The lowest BCUT2D eigenvalue weighted by Crippen LogP contribution is -2.42. The fourth-order valence-electron chi connectivity index (χ4n) is 1.38. The number of carbonyl (C=O) groups excluding carboxylic acids is 2. The number of aliphatic hydroxyl groups excluding tert-OH is 1. The molecule has 0 aliphatic carbocycles. The summed E-state index contributed by atoms with van der Waals surface area (Å²) in [6.45, 7) is 4.19. The first-order valence-corrected chi connectivity index (χ1v) is 5.01. The van der Waals surface area contributed by atoms with Gasteiger partial charge < -0.3 is 24.9 Å². The molecule has 16 heavy (non-hydrogen) atoms. The SMILES string of the molecule is CC(O)C(Cl)C(C)(C)/C(=C/C(=O)[O-])C(=O)[O-]. The number of carbonyl (C=O) groups is 2. The van der Waals surface area contributed by atoms with Gasteiger partial charge in [0.25, 0.3) is 0 Å². The molecule has 0 aromatic carbocycles. The van der Waals surface area contributed by atoms with E-state index in [0.717, 1.165) is 0 Å². The highest BCUT2D eigenvalue weighted by molar-refractivity contribution is 6.22. The Balaban J connectivity index is 5.37. The van der Waals surface area contributed by atoms with Crippen molar-refractivity contribution in [1.29, 1.82) is 0 Å². The van der Waals surface area contributed by atoms with Gasteiger partial charge in [0.05, 0.1) is 23.4 Å². The fraction of sp³-hybridized carbons (Fsp3) is 0.600. The van der Waals surface area contributed by atoms with Crippen molar-refractivity contribution in [3.63, 3.8) is 0 Å². The second kappa shape index (κ2) is 5.32. The topological polar surface area (TPSA) is 100 Å². The maximum absolute atomic E-state index is 10.8. The molecule has 0 spiro atoms. The van der Waals surface area contributed by atoms with E-state index < -0.39 is 34.4 Å². The first-order valence-electron chi connectivity index (χ1n) is 4.57. The van der Waals surface area contributed by atoms with Crippen LogP contribution in [0.25, 0.3) is 0 Å². The molecular formula is C10H13ClO5-2. The van der Waals surface area contributed by atoms with Crippen LogP contribution >= 0.6 is 11.6 Å². The molecule has 0 rings (SSSR count). The number of rotatable bonds is 5. The Morgan fingerprint density at radius 1 is 1.38 bits per heavy atom. The minimum absolute atomic E-state index is 0.424. The largest absolute Gasteiger partial charge is 0.545 e. The molecule has 2 unspecified atom stereocenters. The number of aliphatic carboxylic acids is 2. The Labute approximate surface area is 98.3 Å². The van der Waals surface area contributed by atoms with Gasteiger partial charge in [-0.05, 0) is 18.6 Å². The van der Waals surface area contributed by atoms with E-state index in [2.05, 4.69) is 0 Å². The van der Waals surface area contributed by atoms with Crippen molar-refractivity contribution >= 4 is 23.5 Å². The van der Waals surface area contributed by atoms with Crippen molar-refractivity contribution in [2.24, 2.45) is 5.41 Å². The van der Waals surface area contributed by atoms with E-state index in [9.17, 15) is 24.9 Å². The highest BCUT2D eigenvalue weighted by Gasteiger charge is 2.35. The highest BCUT2D eigenvalue weighted by Crippen LogP contribution is 2.35. The molecule has 0 amide bonds. The van der Waals surface area contributed by atoms with E-state index in [1.807, 2.05) is 0 Å². The molecular weight excluding hydrogens is 236 g/mol. The molecule has 0 aromatic rings. The third-order valence-corrected chi connectivity index (χ3v) is 3.20. The van der Waals surface area contributed by atoms with Crippen LogP contribution in [0.5, 0.6) is 0 Å². The summed E-state index contributed by atoms with van der Waals surface area (Å²) in [5, 5.41) is 29.5. The van der Waals surface area contributed by atoms with Gasteiger partial charge in [0.1, 0.15) is 0 Å². The Kier molecular flexibility index (Phi) is 4.96. The standard InChI is InChI=1S/C10H15ClO5/c1-5(12)8(11)10(2,3)6(9(15)16)4-7(13)14/h4-5,8,12H,1-3H3,(H,13,14)(H,15,16)/p-2/b6-4+. The van der Waals surface area contributed by atoms with Crippen LogP contribution in [0.1, 0.15) is 20.8 Å². The number of halogens is 1. The van der Waals surface area contributed by atoms with Crippen molar-refractivity contribution in [3.8, 4) is 0 Å². The lowest BCUT2D eigenvalue weighted by molar-refractivity contribution is -0.304. The maximum atomic E-state index is 10.8. The summed E-state index contributed by atoms with van der Waals surface area (Å²) < 4.78 is 0. The van der Waals surface area contributed by atoms with Gasteiger partial charge in [-0.3, -0.25) is 0 Å². The third kappa shape index (κ3) is 3.50. The van der Waals surface area contributed by atoms with Gasteiger partial charge in [-0.1, -0.05) is 13.8 Å². The molecule has 0 aromatic heterocycles. The zero-order chi connectivity index (χ0) is 13.1. The quantitative estimate of drug-likeness (QED) is 0.468. The van der Waals surface area contributed by atoms with E-state index in [4.69, 9.17) is 11.6 Å². The van der Waals surface area contributed by atoms with Crippen molar-refractivity contribution in [3.05, 3.63) is 11.6 Å². The van der Waals surface area contributed by atoms with Crippen LogP contribution in [0.15, 0.2) is 11.6 Å². The number of carboxylic acid groups (broad SMARTS) is 2. The van der Waals surface area contributed by atoms with Gasteiger partial charge in [-0.15, -0.1) is 11.6 Å². The number of hydrogen-bond donors (Lipinski definition) is 1. The Morgan fingerprint density at radius 3 is 2.06 bits per heavy atom. The average molecular weight is 249 g/mol. The fourth-order valence-corrected chi connectivity index (χ4v) is 1.49. The molecule has 1 N–H and O–H groups in total. The smallest absolute Gasteiger partial charge is 0.0684 e. The number of aliphatic hydroxyl groups is 1. The summed E-state index contributed by atoms with van der Waals surface area (Å²) in [4.78, 5) is 21.2. The molecule has 0 fully saturated rings. The van der Waals surface area contributed by atoms with Crippen LogP contribution in [-0.4, -0.2) is 28.5 Å². The minimum atomic E-state index is -1.65. The average Bonchev–Trinajstić information content (AvgIpc) is 2.11. The maximum Gasteiger partial charge on any atom is 0.0684 e. The Bertz CT molecular complexity index is 319. The zero-order valence-electron chi connectivity index (χ0n) is 9.19. The number of hydrogen-bond acceptors (Lipinski definition) is 5. The molecule has 0 radical (unpaired) electrons. The lowest BCUT2D eigenvalue weighted by atomic mass is 9.78. The van der Waals surface area contributed by atoms with E-state index in [-0.39, 0.29) is 0 Å². The first-order chi connectivity index (χ1) is 7.10. The van der Waals surface area contributed by atoms with Crippen molar-refractivity contribution in [1.82, 2.24) is 0 Å². The van der Waals surface area contributed by atoms with Gasteiger partial charge in [0.15, 0.2) is 0 Å². The molecule has 0 bridgehead atoms. The second-order valence-corrected chi connectivity index (χ2v) is 4.50. The third-order valence-electron chi connectivity index (χ3n) is 2.29. The van der Waals surface area contributed by atoms with Crippen LogP contribution < -0.4 is 10.2 Å². The predicted molar refractivity (Wildman–Crippen MR) is 53.2 cm³/mol. The molecule has 2 atom stereocenters. The van der Waals surface area contributed by atoms with Crippen LogP contribution in [-0.2, 0) is 9.59 Å². The van der Waals surface area contributed by atoms with Crippen LogP contribution in [0.4, 0.5) is 0 Å². The molecule has 5 nitrogen and oxygen atoms in total. The lowest BCUT2D eigenvalue weighted by Gasteiger charge is -2.35. The molecule has 0 heterocycles. The second-order valence-electron chi connectivity index (χ2n) is 4.03. The van der Waals surface area contributed by atoms with Gasteiger partial charge in [0, 0.05) is 5.41 Å². The summed E-state index contributed by atoms with van der Waals surface area (Å²) in [6.07, 6.45) is -0.575. The Hall–Kier alpha value is -1.07. The molecule has 0 saturated carbocycles. The summed E-state index contributed by atoms with van der Waals surface area (Å²) in [7, 11) is 0. The van der Waals surface area contributed by atoms with E-state index in [0.29, 0.717) is 6.08 Å². The van der Waals surface area contributed by atoms with Crippen molar-refractivity contribution < 1.29 is 24.9 Å². The van der Waals surface area contributed by atoms with Crippen molar-refractivity contribution in [2.45, 2.75) is 32.3 Å². The summed E-state index contributed by atoms with van der Waals surface area (Å²) >= 11 is 5.83. The summed E-state index contributed by atoms with van der Waals surface area (Å²) in [5.41, 5.74) is -1.78. The predicted octanol–water partition coefficient (Wildman–Crippen LogP) is -1.57. The van der Waals surface area contributed by atoms with Gasteiger partial charge in [0.2, 0.25) is 0 Å².